The summed E-state index contributed by atoms with van der Waals surface area (Å²) in [5.74, 6) is 0. The smallest absolute Gasteiger partial charge is 0.0104 e. The molecule has 1 N–H and O–H groups in total. The second-order valence-electron chi connectivity index (χ2n) is 2.05. The van der Waals surface area contributed by atoms with Gasteiger partial charge in [0, 0.05) is 26.2 Å². The first-order chi connectivity index (χ1) is 3.39. The van der Waals surface area contributed by atoms with E-state index in [1.165, 1.54) is 13.1 Å². The van der Waals surface area contributed by atoms with Gasteiger partial charge in [0.2, 0.25) is 0 Å². The first-order valence-corrected chi connectivity index (χ1v) is 2.79. The van der Waals surface area contributed by atoms with E-state index in [-0.39, 0.29) is 22.3 Å². The number of likely N-dealkylation sites (N-methyl/N-ethyl adjacent to an activating group) is 1. The first kappa shape index (κ1) is 16.5. The zero-order chi connectivity index (χ0) is 5.11. The third-order valence-corrected chi connectivity index (χ3v) is 1.34. The quantitative estimate of drug-likeness (QED) is 0.559. The van der Waals surface area contributed by atoms with Crippen molar-refractivity contribution in [3.8, 4) is 0 Å². The van der Waals surface area contributed by atoms with Crippen molar-refractivity contribution in [2.45, 2.75) is 22.3 Å². The van der Waals surface area contributed by atoms with Crippen molar-refractivity contribution in [3.05, 3.63) is 0 Å². The van der Waals surface area contributed by atoms with Crippen LogP contribution in [0.4, 0.5) is 0 Å². The molecule has 0 aromatic carbocycles. The summed E-state index contributed by atoms with van der Waals surface area (Å²) in [5, 5.41) is 3.27. The highest BCUT2D eigenvalue weighted by Gasteiger charge is 2.01. The average molecular weight is 148 g/mol. The molecule has 0 saturated carbocycles. The van der Waals surface area contributed by atoms with Crippen molar-refractivity contribution in [2.24, 2.45) is 0 Å². The molecular weight excluding hydrogens is 124 g/mol. The summed E-state index contributed by atoms with van der Waals surface area (Å²) in [7, 11) is 2.15. The normalized spacial score (nSPS) is 17.7. The van der Waals surface area contributed by atoms with Gasteiger partial charge in [-0.2, -0.15) is 0 Å². The maximum absolute atomic E-state index is 3.27. The van der Waals surface area contributed by atoms with Crippen molar-refractivity contribution >= 4 is 0 Å². The molecule has 1 fully saturated rings. The molecule has 0 unspecified atom stereocenters. The van der Waals surface area contributed by atoms with Gasteiger partial charge >= 0.3 is 0 Å². The summed E-state index contributed by atoms with van der Waals surface area (Å²) in [5.41, 5.74) is 0. The molecule has 0 radical (unpaired) electrons. The Kier molecular flexibility index (Phi) is 14.7. The van der Waals surface area contributed by atoms with Crippen LogP contribution in [0.25, 0.3) is 0 Å². The second-order valence-corrected chi connectivity index (χ2v) is 2.05. The van der Waals surface area contributed by atoms with Crippen molar-refractivity contribution < 1.29 is 0 Å². The van der Waals surface area contributed by atoms with Crippen molar-refractivity contribution in [1.29, 1.82) is 0 Å². The first-order valence-electron chi connectivity index (χ1n) is 2.79. The molecule has 1 aliphatic rings. The van der Waals surface area contributed by atoms with Crippen LogP contribution in [-0.4, -0.2) is 38.1 Å². The predicted molar refractivity (Wildman–Crippen MR) is 50.6 cm³/mol. The Balaban J connectivity index is -0.000000163. The minimum Gasteiger partial charge on any atom is -0.314 e. The molecule has 0 atom stereocenters. The van der Waals surface area contributed by atoms with Crippen LogP contribution < -0.4 is 5.32 Å². The fourth-order valence-corrected chi connectivity index (χ4v) is 0.777. The van der Waals surface area contributed by atoms with Gasteiger partial charge < -0.3 is 10.2 Å². The standard InChI is InChI=1S/C5H12N2.3CH4/c1-7-4-2-6-3-5-7;;;/h6H,2-5H2,1H3;3*1H4. The van der Waals surface area contributed by atoms with Gasteiger partial charge in [0.05, 0.1) is 0 Å². The van der Waals surface area contributed by atoms with E-state index >= 15 is 0 Å². The van der Waals surface area contributed by atoms with E-state index in [0.29, 0.717) is 0 Å². The molecule has 10 heavy (non-hydrogen) atoms. The number of nitrogens with zero attached hydrogens (tertiary/aromatic N) is 1. The Morgan fingerprint density at radius 2 is 1.40 bits per heavy atom. The molecule has 1 aliphatic heterocycles. The number of rotatable bonds is 0. The minimum absolute atomic E-state index is 0. The molecule has 1 rings (SSSR count). The molecule has 0 aromatic rings. The Labute approximate surface area is 66.6 Å². The highest BCUT2D eigenvalue weighted by atomic mass is 15.2. The van der Waals surface area contributed by atoms with Crippen LogP contribution in [-0.2, 0) is 0 Å². The van der Waals surface area contributed by atoms with E-state index in [1.54, 1.807) is 0 Å². The molecule has 1 saturated heterocycles. The predicted octanol–water partition coefficient (Wildman–Crippen LogP) is 1.43. The highest BCUT2D eigenvalue weighted by molar-refractivity contribution is 4.62. The average Bonchev–Trinajstić information content (AvgIpc) is 1.69. The van der Waals surface area contributed by atoms with Gasteiger partial charge in [-0.15, -0.1) is 0 Å². The maximum Gasteiger partial charge on any atom is 0.0104 e. The monoisotopic (exact) mass is 148 g/mol. The van der Waals surface area contributed by atoms with Crippen LogP contribution in [0.5, 0.6) is 0 Å². The van der Waals surface area contributed by atoms with E-state index in [1.807, 2.05) is 0 Å². The molecule has 66 valence electrons. The van der Waals surface area contributed by atoms with Gasteiger partial charge in [-0.05, 0) is 7.05 Å². The van der Waals surface area contributed by atoms with Crippen LogP contribution in [0.2, 0.25) is 0 Å². The topological polar surface area (TPSA) is 15.3 Å². The largest absolute Gasteiger partial charge is 0.314 e. The summed E-state index contributed by atoms with van der Waals surface area (Å²) >= 11 is 0. The number of piperazine rings is 1. The lowest BCUT2D eigenvalue weighted by molar-refractivity contribution is 0.291. The third kappa shape index (κ3) is 6.05. The van der Waals surface area contributed by atoms with Gasteiger partial charge in [-0.25, -0.2) is 0 Å². The van der Waals surface area contributed by atoms with E-state index in [4.69, 9.17) is 0 Å². The second kappa shape index (κ2) is 8.92. The Morgan fingerprint density at radius 3 is 1.60 bits per heavy atom. The molecule has 0 bridgehead atoms. The van der Waals surface area contributed by atoms with Crippen LogP contribution in [0, 0.1) is 0 Å². The molecule has 0 spiro atoms. The summed E-state index contributed by atoms with van der Waals surface area (Å²) in [6.45, 7) is 4.74. The molecular formula is C8H24N2. The number of hydrogen-bond donors (Lipinski definition) is 1. The van der Waals surface area contributed by atoms with Gasteiger partial charge in [0.15, 0.2) is 0 Å². The maximum atomic E-state index is 3.27. The minimum atomic E-state index is 0. The zero-order valence-corrected chi connectivity index (χ0v) is 4.78. The molecule has 0 aromatic heterocycles. The fraction of sp³-hybridized carbons (Fsp3) is 1.00. The summed E-state index contributed by atoms with van der Waals surface area (Å²) in [6.07, 6.45) is 0. The summed E-state index contributed by atoms with van der Waals surface area (Å²) in [6, 6.07) is 0. The molecule has 2 nitrogen and oxygen atoms in total. The van der Waals surface area contributed by atoms with Crippen molar-refractivity contribution in [2.75, 3.05) is 33.2 Å². The van der Waals surface area contributed by atoms with Crippen LogP contribution in [0.15, 0.2) is 0 Å². The van der Waals surface area contributed by atoms with Crippen LogP contribution in [0.3, 0.4) is 0 Å². The van der Waals surface area contributed by atoms with E-state index in [2.05, 4.69) is 17.3 Å². The van der Waals surface area contributed by atoms with Gasteiger partial charge in [0.1, 0.15) is 0 Å². The Bertz CT molecular complexity index is 49.2. The van der Waals surface area contributed by atoms with Crippen LogP contribution >= 0.6 is 0 Å². The van der Waals surface area contributed by atoms with Crippen LogP contribution in [0.1, 0.15) is 22.3 Å². The lowest BCUT2D eigenvalue weighted by Crippen LogP contribution is -2.40. The van der Waals surface area contributed by atoms with Gasteiger partial charge in [-0.3, -0.25) is 0 Å². The fourth-order valence-electron chi connectivity index (χ4n) is 0.777. The third-order valence-electron chi connectivity index (χ3n) is 1.34. The summed E-state index contributed by atoms with van der Waals surface area (Å²) in [4.78, 5) is 2.33. The van der Waals surface area contributed by atoms with Gasteiger partial charge in [-0.1, -0.05) is 22.3 Å². The Hall–Kier alpha value is -0.0800. The van der Waals surface area contributed by atoms with E-state index in [9.17, 15) is 0 Å². The Morgan fingerprint density at radius 1 is 1.00 bits per heavy atom. The van der Waals surface area contributed by atoms with Crippen molar-refractivity contribution in [3.63, 3.8) is 0 Å². The molecule has 0 aliphatic carbocycles. The molecule has 1 heterocycles. The SMILES string of the molecule is C.C.C.CN1CCNCC1. The molecule has 2 heteroatoms. The molecule has 0 amide bonds. The zero-order valence-electron chi connectivity index (χ0n) is 4.78. The highest BCUT2D eigenvalue weighted by Crippen LogP contribution is 1.82. The van der Waals surface area contributed by atoms with Crippen molar-refractivity contribution in [1.82, 2.24) is 10.2 Å². The number of nitrogens with one attached hydrogen (secondary N) is 1. The number of hydrogen-bond acceptors (Lipinski definition) is 2. The van der Waals surface area contributed by atoms with E-state index < -0.39 is 0 Å². The van der Waals surface area contributed by atoms with E-state index in [0.717, 1.165) is 13.1 Å². The lowest BCUT2D eigenvalue weighted by Gasteiger charge is -2.21. The lowest BCUT2D eigenvalue weighted by atomic mass is 10.4. The summed E-state index contributed by atoms with van der Waals surface area (Å²) < 4.78 is 0. The van der Waals surface area contributed by atoms with Gasteiger partial charge in [0.25, 0.3) is 0 Å².